The molecule has 2 heterocycles. The Morgan fingerprint density at radius 3 is 2.77 bits per heavy atom. The molecule has 0 saturated carbocycles. The van der Waals surface area contributed by atoms with Crippen LogP contribution < -0.4 is 10.6 Å². The molecule has 2 N–H and O–H groups in total. The van der Waals surface area contributed by atoms with Crippen molar-refractivity contribution in [2.45, 2.75) is 33.2 Å². The zero-order valence-electron chi connectivity index (χ0n) is 13.0. The van der Waals surface area contributed by atoms with Gasteiger partial charge in [-0.2, -0.15) is 0 Å². The van der Waals surface area contributed by atoms with Crippen molar-refractivity contribution in [2.24, 2.45) is 4.99 Å². The highest BCUT2D eigenvalue weighted by Gasteiger charge is 2.02. The smallest absolute Gasteiger partial charge is 0.191 e. The van der Waals surface area contributed by atoms with Crippen LogP contribution in [0.4, 0.5) is 0 Å². The third kappa shape index (κ3) is 6.62. The number of nitrogens with one attached hydrogen (secondary N) is 2. The van der Waals surface area contributed by atoms with Gasteiger partial charge >= 0.3 is 0 Å². The summed E-state index contributed by atoms with van der Waals surface area (Å²) in [7, 11) is 0. The molecule has 22 heavy (non-hydrogen) atoms. The summed E-state index contributed by atoms with van der Waals surface area (Å²) in [4.78, 5) is 11.7. The number of hydrogen-bond donors (Lipinski definition) is 2. The number of thiazole rings is 1. The fourth-order valence-electron chi connectivity index (χ4n) is 1.83. The number of rotatable bonds is 7. The molecule has 0 radical (unpaired) electrons. The average molecular weight is 450 g/mol. The van der Waals surface area contributed by atoms with E-state index in [2.05, 4.69) is 52.0 Å². The van der Waals surface area contributed by atoms with E-state index in [4.69, 9.17) is 0 Å². The van der Waals surface area contributed by atoms with E-state index in [1.165, 1.54) is 9.75 Å². The standard InChI is InChI=1S/C15H22N4S2.HI/c1-3-12-10-18-14(21-12)11-19-15(16-4-2)17-8-7-13-6-5-9-20-13;/h5-6,9-10H,3-4,7-8,11H2,1-2H3,(H2,16,17,19);1H. The molecule has 122 valence electrons. The van der Waals surface area contributed by atoms with Gasteiger partial charge in [0.05, 0.1) is 6.54 Å². The first-order chi connectivity index (χ1) is 10.3. The lowest BCUT2D eigenvalue weighted by molar-refractivity contribution is 0.804. The van der Waals surface area contributed by atoms with Crippen molar-refractivity contribution in [1.82, 2.24) is 15.6 Å². The van der Waals surface area contributed by atoms with Gasteiger partial charge in [0.1, 0.15) is 5.01 Å². The van der Waals surface area contributed by atoms with Crippen LogP contribution in [0.25, 0.3) is 0 Å². The highest BCUT2D eigenvalue weighted by atomic mass is 127. The molecule has 0 aliphatic carbocycles. The molecule has 2 aromatic heterocycles. The van der Waals surface area contributed by atoms with Crippen molar-refractivity contribution >= 4 is 52.6 Å². The SMILES string of the molecule is CCNC(=NCc1ncc(CC)s1)NCCc1cccs1.I. The van der Waals surface area contributed by atoms with E-state index < -0.39 is 0 Å². The van der Waals surface area contributed by atoms with Gasteiger partial charge in [-0.15, -0.1) is 46.7 Å². The van der Waals surface area contributed by atoms with E-state index in [0.717, 1.165) is 36.9 Å². The predicted octanol–water partition coefficient (Wildman–Crippen LogP) is 3.68. The van der Waals surface area contributed by atoms with Gasteiger partial charge in [0, 0.05) is 29.0 Å². The van der Waals surface area contributed by atoms with Gasteiger partial charge in [-0.25, -0.2) is 9.98 Å². The molecule has 2 rings (SSSR count). The van der Waals surface area contributed by atoms with Gasteiger partial charge in [-0.05, 0) is 31.2 Å². The largest absolute Gasteiger partial charge is 0.357 e. The summed E-state index contributed by atoms with van der Waals surface area (Å²) < 4.78 is 0. The topological polar surface area (TPSA) is 49.3 Å². The van der Waals surface area contributed by atoms with Crippen LogP contribution in [-0.4, -0.2) is 24.0 Å². The quantitative estimate of drug-likeness (QED) is 0.385. The Bertz CT molecular complexity index is 552. The second kappa shape index (κ2) is 11.0. The van der Waals surface area contributed by atoms with Gasteiger partial charge in [-0.1, -0.05) is 13.0 Å². The number of aromatic nitrogens is 1. The Morgan fingerprint density at radius 1 is 1.27 bits per heavy atom. The maximum atomic E-state index is 4.60. The molecule has 0 bridgehead atoms. The van der Waals surface area contributed by atoms with Gasteiger partial charge in [0.25, 0.3) is 0 Å². The van der Waals surface area contributed by atoms with E-state index in [1.807, 2.05) is 6.20 Å². The number of nitrogens with zero attached hydrogens (tertiary/aromatic N) is 2. The minimum Gasteiger partial charge on any atom is -0.357 e. The van der Waals surface area contributed by atoms with E-state index in [-0.39, 0.29) is 24.0 Å². The molecule has 2 aromatic rings. The van der Waals surface area contributed by atoms with Gasteiger partial charge in [0.15, 0.2) is 5.96 Å². The lowest BCUT2D eigenvalue weighted by Gasteiger charge is -2.10. The fraction of sp³-hybridized carbons (Fsp3) is 0.467. The van der Waals surface area contributed by atoms with Crippen molar-refractivity contribution in [2.75, 3.05) is 13.1 Å². The summed E-state index contributed by atoms with van der Waals surface area (Å²) >= 11 is 3.54. The zero-order valence-corrected chi connectivity index (χ0v) is 16.9. The highest BCUT2D eigenvalue weighted by Crippen LogP contribution is 2.14. The molecule has 7 heteroatoms. The number of aliphatic imine (C=N–C) groups is 1. The van der Waals surface area contributed by atoms with Gasteiger partial charge < -0.3 is 10.6 Å². The number of guanidine groups is 1. The maximum Gasteiger partial charge on any atom is 0.191 e. The summed E-state index contributed by atoms with van der Waals surface area (Å²) in [6.07, 6.45) is 4.02. The summed E-state index contributed by atoms with van der Waals surface area (Å²) in [6, 6.07) is 4.26. The molecule has 0 atom stereocenters. The molecular formula is C15H23IN4S2. The number of hydrogen-bond acceptors (Lipinski definition) is 4. The minimum atomic E-state index is 0. The fourth-order valence-corrected chi connectivity index (χ4v) is 3.33. The first-order valence-electron chi connectivity index (χ1n) is 7.30. The predicted molar refractivity (Wildman–Crippen MR) is 108 cm³/mol. The summed E-state index contributed by atoms with van der Waals surface area (Å²) in [5, 5.41) is 9.83. The van der Waals surface area contributed by atoms with Crippen molar-refractivity contribution < 1.29 is 0 Å². The summed E-state index contributed by atoms with van der Waals surface area (Å²) in [5.74, 6) is 0.863. The van der Waals surface area contributed by atoms with E-state index >= 15 is 0 Å². The first-order valence-corrected chi connectivity index (χ1v) is 8.99. The van der Waals surface area contributed by atoms with Crippen LogP contribution >= 0.6 is 46.7 Å². The van der Waals surface area contributed by atoms with Gasteiger partial charge in [-0.3, -0.25) is 0 Å². The van der Waals surface area contributed by atoms with E-state index in [9.17, 15) is 0 Å². The molecule has 0 amide bonds. The molecule has 0 aliphatic heterocycles. The van der Waals surface area contributed by atoms with Crippen molar-refractivity contribution in [3.8, 4) is 0 Å². The monoisotopic (exact) mass is 450 g/mol. The lowest BCUT2D eigenvalue weighted by atomic mass is 10.3. The van der Waals surface area contributed by atoms with Crippen molar-refractivity contribution in [3.05, 3.63) is 38.5 Å². The average Bonchev–Trinajstić information content (AvgIpc) is 3.16. The lowest BCUT2D eigenvalue weighted by Crippen LogP contribution is -2.38. The van der Waals surface area contributed by atoms with E-state index in [1.54, 1.807) is 22.7 Å². The molecule has 0 saturated heterocycles. The van der Waals surface area contributed by atoms with Crippen LogP contribution in [0.1, 0.15) is 28.6 Å². The second-order valence-corrected chi connectivity index (χ2v) is 6.76. The number of aryl methyl sites for hydroxylation is 1. The molecule has 0 fully saturated rings. The second-order valence-electron chi connectivity index (χ2n) is 4.53. The van der Waals surface area contributed by atoms with Gasteiger partial charge in [0.2, 0.25) is 0 Å². The van der Waals surface area contributed by atoms with Crippen LogP contribution in [0.5, 0.6) is 0 Å². The molecular weight excluding hydrogens is 427 g/mol. The highest BCUT2D eigenvalue weighted by molar-refractivity contribution is 14.0. The van der Waals surface area contributed by atoms with Crippen LogP contribution in [0, 0.1) is 0 Å². The molecule has 0 aromatic carbocycles. The van der Waals surface area contributed by atoms with Crippen LogP contribution in [0.2, 0.25) is 0 Å². The third-order valence-corrected chi connectivity index (χ3v) is 4.97. The maximum absolute atomic E-state index is 4.60. The number of halogens is 1. The van der Waals surface area contributed by atoms with Crippen LogP contribution in [0.15, 0.2) is 28.7 Å². The Hall–Kier alpha value is -0.670. The first kappa shape index (κ1) is 19.4. The number of thiophene rings is 1. The van der Waals surface area contributed by atoms with E-state index in [0.29, 0.717) is 6.54 Å². The minimum absolute atomic E-state index is 0. The normalized spacial score (nSPS) is 11.1. The zero-order chi connectivity index (χ0) is 14.9. The Labute approximate surface area is 157 Å². The summed E-state index contributed by atoms with van der Waals surface area (Å²) in [6.45, 7) is 6.62. The molecule has 0 spiro atoms. The summed E-state index contributed by atoms with van der Waals surface area (Å²) in [5.41, 5.74) is 0. The third-order valence-electron chi connectivity index (χ3n) is 2.91. The van der Waals surface area contributed by atoms with Crippen molar-refractivity contribution in [1.29, 1.82) is 0 Å². The Kier molecular flexibility index (Phi) is 9.65. The van der Waals surface area contributed by atoms with Crippen LogP contribution in [0.3, 0.4) is 0 Å². The Morgan fingerprint density at radius 2 is 2.14 bits per heavy atom. The molecule has 0 unspecified atom stereocenters. The van der Waals surface area contributed by atoms with Crippen molar-refractivity contribution in [3.63, 3.8) is 0 Å². The molecule has 4 nitrogen and oxygen atoms in total. The molecule has 0 aliphatic rings. The van der Waals surface area contributed by atoms with Crippen LogP contribution in [-0.2, 0) is 19.4 Å². The Balaban J connectivity index is 0.00000242.